The van der Waals surface area contributed by atoms with Crippen molar-refractivity contribution in [1.29, 1.82) is 5.26 Å². The van der Waals surface area contributed by atoms with Gasteiger partial charge in [-0.2, -0.15) is 14.0 Å². The first-order valence-electron chi connectivity index (χ1n) is 16.6. The highest BCUT2D eigenvalue weighted by Crippen LogP contribution is 2.37. The maximum absolute atomic E-state index is 14.0. The highest BCUT2D eigenvalue weighted by atomic mass is 35.5. The highest BCUT2D eigenvalue weighted by molar-refractivity contribution is 7.18. The van der Waals surface area contributed by atoms with E-state index in [1.807, 2.05) is 11.9 Å². The molecule has 1 aliphatic heterocycles. The predicted octanol–water partition coefficient (Wildman–Crippen LogP) is 6.32. The summed E-state index contributed by atoms with van der Waals surface area (Å²) in [5, 5.41) is 22.2. The molecule has 5 aromatic rings. The Kier molecular flexibility index (Phi) is 9.92. The maximum Gasteiger partial charge on any atom is 0.345 e. The number of carbonyl (C=O) groups is 1. The van der Waals surface area contributed by atoms with Crippen LogP contribution in [0.25, 0.3) is 32.2 Å². The number of rotatable bonds is 8. The molecular weight excluding hydrogens is 712 g/mol. The number of aryl methyl sites for hydroxylation is 1. The Labute approximate surface area is 306 Å². The number of nitriles is 1. The molecule has 1 saturated carbocycles. The van der Waals surface area contributed by atoms with Crippen molar-refractivity contribution in [2.75, 3.05) is 25.0 Å². The predicted molar refractivity (Wildman–Crippen MR) is 194 cm³/mol. The van der Waals surface area contributed by atoms with Crippen molar-refractivity contribution < 1.29 is 23.4 Å². The number of pyridine rings is 2. The molecule has 266 valence electrons. The van der Waals surface area contributed by atoms with Crippen LogP contribution in [0.15, 0.2) is 46.8 Å². The fraction of sp³-hybridized carbons (Fsp3) is 0.351. The number of hydrogen-bond acceptors (Lipinski definition) is 10. The molecule has 2 fully saturated rings. The number of likely N-dealkylation sites (tertiary alicyclic amines) is 1. The number of hydrogen-bond donors (Lipinski definition) is 1. The third-order valence-electron chi connectivity index (χ3n) is 9.96. The van der Waals surface area contributed by atoms with Crippen LogP contribution in [-0.4, -0.2) is 80.4 Å². The molecule has 1 aliphatic carbocycles. The number of anilines is 1. The first-order chi connectivity index (χ1) is 25.0. The third kappa shape index (κ3) is 6.71. The summed E-state index contributed by atoms with van der Waals surface area (Å²) in [6.45, 7) is 0.499. The molecule has 52 heavy (non-hydrogen) atoms. The molecule has 2 aliphatic rings. The largest absolute Gasteiger partial charge is 0.478 e. The summed E-state index contributed by atoms with van der Waals surface area (Å²) >= 11 is 7.66. The van der Waals surface area contributed by atoms with E-state index >= 15 is 0 Å². The molecule has 15 heteroatoms. The molecule has 0 bridgehead atoms. The number of aromatic nitrogens is 4. The van der Waals surface area contributed by atoms with Crippen LogP contribution in [0.1, 0.15) is 53.0 Å². The Bertz CT molecular complexity index is 2370. The van der Waals surface area contributed by atoms with Gasteiger partial charge in [-0.15, -0.1) is 11.3 Å². The summed E-state index contributed by atoms with van der Waals surface area (Å²) in [5.74, 6) is 6.00. The van der Waals surface area contributed by atoms with E-state index in [-0.39, 0.29) is 35.1 Å². The fourth-order valence-electron chi connectivity index (χ4n) is 7.13. The number of thiophene rings is 1. The van der Waals surface area contributed by atoms with Crippen molar-refractivity contribution in [3.63, 3.8) is 0 Å². The second kappa shape index (κ2) is 14.6. The van der Waals surface area contributed by atoms with Crippen LogP contribution in [0.4, 0.5) is 14.6 Å². The van der Waals surface area contributed by atoms with E-state index in [2.05, 4.69) is 42.5 Å². The van der Waals surface area contributed by atoms with Gasteiger partial charge in [0.05, 0.1) is 45.5 Å². The molecule has 7 rings (SSSR count). The summed E-state index contributed by atoms with van der Waals surface area (Å²) in [7, 11) is 1.87. The Hall–Kier alpha value is -4.99. The molecule has 4 aromatic heterocycles. The van der Waals surface area contributed by atoms with Crippen LogP contribution in [0.2, 0.25) is 5.02 Å². The Morgan fingerprint density at radius 1 is 1.21 bits per heavy atom. The smallest absolute Gasteiger partial charge is 0.345 e. The zero-order valence-electron chi connectivity index (χ0n) is 28.1. The molecule has 1 saturated heterocycles. The number of piperidine rings is 1. The molecule has 0 spiro atoms. The lowest BCUT2D eigenvalue weighted by atomic mass is 9.86. The van der Waals surface area contributed by atoms with E-state index in [0.717, 1.165) is 31.5 Å². The Morgan fingerprint density at radius 3 is 2.69 bits per heavy atom. The van der Waals surface area contributed by atoms with E-state index in [1.165, 1.54) is 22.1 Å². The van der Waals surface area contributed by atoms with Crippen LogP contribution in [0, 0.1) is 30.1 Å². The zero-order valence-corrected chi connectivity index (χ0v) is 29.7. The summed E-state index contributed by atoms with van der Waals surface area (Å²) < 4.78 is 31.8. The lowest BCUT2D eigenvalue weighted by molar-refractivity contribution is -0.194. The van der Waals surface area contributed by atoms with Crippen LogP contribution in [-0.2, 0) is 11.3 Å². The van der Waals surface area contributed by atoms with Gasteiger partial charge in [0.15, 0.2) is 0 Å². The van der Waals surface area contributed by atoms with Gasteiger partial charge in [0.25, 0.3) is 5.56 Å². The molecule has 0 atom stereocenters. The number of fused-ring (bicyclic) bond motifs is 2. The van der Waals surface area contributed by atoms with Crippen LogP contribution < -0.4 is 10.5 Å². The minimum absolute atomic E-state index is 0.00913. The number of ether oxygens (including phenoxy) is 1. The second-order valence-electron chi connectivity index (χ2n) is 12.9. The number of alkyl halides is 2. The second-order valence-corrected chi connectivity index (χ2v) is 14.2. The van der Waals surface area contributed by atoms with Crippen molar-refractivity contribution in [2.24, 2.45) is 0 Å². The van der Waals surface area contributed by atoms with Crippen LogP contribution in [0.3, 0.4) is 0 Å². The SMILES string of the molecule is Cc1nc2cnc(N(C)C3CCN(C4CC(OC(F)F)C4)CC3)c(C#N)c2c(=O)n1CC#Cc1ccc(Cl)cc1-c1ccnc2c(C(=O)O)csc12. The van der Waals surface area contributed by atoms with E-state index in [1.54, 1.807) is 42.8 Å². The van der Waals surface area contributed by atoms with E-state index in [4.69, 9.17) is 11.6 Å². The van der Waals surface area contributed by atoms with E-state index < -0.39 is 24.2 Å². The number of benzene rings is 1. The summed E-state index contributed by atoms with van der Waals surface area (Å²) in [6.07, 6.45) is 5.44. The topological polar surface area (TPSA) is 137 Å². The summed E-state index contributed by atoms with van der Waals surface area (Å²) in [6, 6.07) is 9.54. The van der Waals surface area contributed by atoms with E-state index in [9.17, 15) is 28.7 Å². The van der Waals surface area contributed by atoms with E-state index in [0.29, 0.717) is 56.4 Å². The lowest BCUT2D eigenvalue weighted by Crippen LogP contribution is -2.53. The first-order valence-corrected chi connectivity index (χ1v) is 17.9. The van der Waals surface area contributed by atoms with Crippen molar-refractivity contribution in [2.45, 2.75) is 64.0 Å². The van der Waals surface area contributed by atoms with Gasteiger partial charge in [-0.1, -0.05) is 23.4 Å². The molecule has 1 N–H and O–H groups in total. The quantitative estimate of drug-likeness (QED) is 0.180. The first kappa shape index (κ1) is 35.4. The molecule has 0 unspecified atom stereocenters. The lowest BCUT2D eigenvalue weighted by Gasteiger charge is -2.46. The van der Waals surface area contributed by atoms with Gasteiger partial charge >= 0.3 is 12.6 Å². The van der Waals surface area contributed by atoms with Crippen molar-refractivity contribution in [3.8, 4) is 29.0 Å². The van der Waals surface area contributed by atoms with Crippen molar-refractivity contribution in [1.82, 2.24) is 24.4 Å². The van der Waals surface area contributed by atoms with Gasteiger partial charge in [0.2, 0.25) is 0 Å². The van der Waals surface area contributed by atoms with Gasteiger partial charge in [-0.25, -0.2) is 14.8 Å². The Balaban J connectivity index is 1.14. The molecule has 0 radical (unpaired) electrons. The van der Waals surface area contributed by atoms with Crippen LogP contribution >= 0.6 is 22.9 Å². The standard InChI is InChI=1S/C37H32ClF2N7O4S/c1-20-44-30-18-43-34(45(2)23-8-12-46(13-9-23)24-15-25(16-24)51-37(39)40)28(17-41)31(30)35(48)47(20)11-3-4-21-5-6-22(38)14-27(21)26-7-10-42-32-29(36(49)50)19-52-33(26)32/h5-7,10,14,18-19,23-25,37H,8-9,11-13,15-16H2,1-2H3,(H,49,50). The maximum atomic E-state index is 14.0. The molecule has 5 heterocycles. The minimum Gasteiger partial charge on any atom is -0.478 e. The number of carboxylic acid groups (broad SMARTS) is 1. The minimum atomic E-state index is -2.75. The number of halogens is 3. The fourth-order valence-corrected chi connectivity index (χ4v) is 8.33. The number of aromatic carboxylic acids is 1. The van der Waals surface area contributed by atoms with Crippen molar-refractivity contribution in [3.05, 3.63) is 79.9 Å². The normalized spacial score (nSPS) is 17.9. The summed E-state index contributed by atoms with van der Waals surface area (Å²) in [4.78, 5) is 43.5. The van der Waals surface area contributed by atoms with Crippen LogP contribution in [0.5, 0.6) is 0 Å². The average molecular weight is 744 g/mol. The highest BCUT2D eigenvalue weighted by Gasteiger charge is 2.38. The Morgan fingerprint density at radius 2 is 1.98 bits per heavy atom. The monoisotopic (exact) mass is 743 g/mol. The van der Waals surface area contributed by atoms with Gasteiger partial charge < -0.3 is 19.6 Å². The van der Waals surface area contributed by atoms with Gasteiger partial charge in [0, 0.05) is 65.5 Å². The zero-order chi connectivity index (χ0) is 36.7. The van der Waals surface area contributed by atoms with Gasteiger partial charge in [0.1, 0.15) is 23.3 Å². The molecule has 0 amide bonds. The molecule has 1 aromatic carbocycles. The summed E-state index contributed by atoms with van der Waals surface area (Å²) in [5.41, 5.74) is 2.61. The van der Waals surface area contributed by atoms with Gasteiger partial charge in [-0.3, -0.25) is 14.3 Å². The molecule has 11 nitrogen and oxygen atoms in total. The average Bonchev–Trinajstić information content (AvgIpc) is 3.56. The number of carboxylic acids is 1. The molecular formula is C37H32ClF2N7O4S. The third-order valence-corrected chi connectivity index (χ3v) is 11.2. The van der Waals surface area contributed by atoms with Crippen molar-refractivity contribution >= 4 is 55.8 Å². The number of nitrogens with zero attached hydrogens (tertiary/aromatic N) is 7. The van der Waals surface area contributed by atoms with Gasteiger partial charge in [-0.05, 0) is 56.9 Å².